The van der Waals surface area contributed by atoms with Crippen LogP contribution < -0.4 is 0 Å². The molecule has 0 N–H and O–H groups in total. The van der Waals surface area contributed by atoms with E-state index in [0.717, 1.165) is 0 Å². The first-order valence-electron chi connectivity index (χ1n) is 7.04. The van der Waals surface area contributed by atoms with Gasteiger partial charge in [0.05, 0.1) is 13.0 Å². The van der Waals surface area contributed by atoms with Crippen LogP contribution in [-0.2, 0) is 28.6 Å². The highest BCUT2D eigenvalue weighted by atomic mass is 35.5. The Balaban J connectivity index is 2.05. The molecule has 2 atom stereocenters. The van der Waals surface area contributed by atoms with Crippen LogP contribution in [0.2, 0.25) is 5.02 Å². The van der Waals surface area contributed by atoms with Crippen LogP contribution in [0.3, 0.4) is 0 Å². The fourth-order valence-electron chi connectivity index (χ4n) is 3.19. The lowest BCUT2D eigenvalue weighted by molar-refractivity contribution is -0.244. The van der Waals surface area contributed by atoms with E-state index in [-0.39, 0.29) is 0 Å². The molecule has 1 spiro atoms. The largest absolute Gasteiger partial charge is 0.469 e. The van der Waals surface area contributed by atoms with Crippen LogP contribution >= 0.6 is 11.6 Å². The fourth-order valence-corrected chi connectivity index (χ4v) is 3.32. The molecule has 1 saturated heterocycles. The summed E-state index contributed by atoms with van der Waals surface area (Å²) in [6.07, 6.45) is 0. The average Bonchev–Trinajstić information content (AvgIpc) is 3.16. The number of carbonyl (C=O) groups is 3. The Morgan fingerprint density at radius 2 is 1.65 bits per heavy atom. The van der Waals surface area contributed by atoms with Gasteiger partial charge in [0, 0.05) is 24.8 Å². The fraction of sp³-hybridized carbons (Fsp3) is 0.438. The average molecular weight is 339 g/mol. The Labute approximate surface area is 137 Å². The minimum absolute atomic E-state index is 0.507. The molecule has 122 valence electrons. The molecular formula is C16H15ClO6. The summed E-state index contributed by atoms with van der Waals surface area (Å²) in [5.74, 6) is -5.21. The van der Waals surface area contributed by atoms with E-state index in [1.807, 2.05) is 0 Å². The van der Waals surface area contributed by atoms with E-state index in [1.54, 1.807) is 24.3 Å². The second-order valence-electron chi connectivity index (χ2n) is 6.08. The predicted molar refractivity (Wildman–Crippen MR) is 78.4 cm³/mol. The highest BCUT2D eigenvalue weighted by Gasteiger charge is 2.82. The van der Waals surface area contributed by atoms with Crippen molar-refractivity contribution < 1.29 is 28.6 Å². The Bertz CT molecular complexity index is 673. The molecule has 1 saturated carbocycles. The van der Waals surface area contributed by atoms with Crippen molar-refractivity contribution in [1.29, 1.82) is 0 Å². The molecule has 2 fully saturated rings. The van der Waals surface area contributed by atoms with Gasteiger partial charge in [0.15, 0.2) is 5.41 Å². The minimum atomic E-state index is -1.68. The summed E-state index contributed by atoms with van der Waals surface area (Å²) in [4.78, 5) is 37.1. The molecule has 1 aromatic rings. The molecule has 23 heavy (non-hydrogen) atoms. The van der Waals surface area contributed by atoms with Gasteiger partial charge >= 0.3 is 17.9 Å². The maximum atomic E-state index is 12.5. The van der Waals surface area contributed by atoms with E-state index in [4.69, 9.17) is 25.8 Å². The van der Waals surface area contributed by atoms with Crippen LogP contribution in [0.4, 0.5) is 0 Å². The number of rotatable bonds is 2. The smallest absolute Gasteiger partial charge is 0.328 e. The molecule has 1 aliphatic carbocycles. The Morgan fingerprint density at radius 3 is 2.13 bits per heavy atom. The zero-order chi connectivity index (χ0) is 17.0. The normalized spacial score (nSPS) is 27.1. The molecule has 1 heterocycles. The molecule has 6 nitrogen and oxygen atoms in total. The molecule has 0 aromatic heterocycles. The van der Waals surface area contributed by atoms with E-state index in [2.05, 4.69) is 0 Å². The summed E-state index contributed by atoms with van der Waals surface area (Å²) in [6, 6.07) is 6.58. The molecule has 0 amide bonds. The third-order valence-electron chi connectivity index (χ3n) is 4.24. The Kier molecular flexibility index (Phi) is 3.41. The quantitative estimate of drug-likeness (QED) is 0.606. The number of esters is 3. The second-order valence-corrected chi connectivity index (χ2v) is 6.51. The first-order valence-corrected chi connectivity index (χ1v) is 7.42. The third-order valence-corrected chi connectivity index (χ3v) is 4.49. The Hall–Kier alpha value is -2.08. The molecule has 3 rings (SSSR count). The van der Waals surface area contributed by atoms with Crippen molar-refractivity contribution in [2.24, 2.45) is 11.3 Å². The van der Waals surface area contributed by atoms with E-state index < -0.39 is 40.9 Å². The van der Waals surface area contributed by atoms with Crippen molar-refractivity contribution in [1.82, 2.24) is 0 Å². The molecule has 0 radical (unpaired) electrons. The lowest BCUT2D eigenvalue weighted by atomic mass is 9.97. The maximum Gasteiger partial charge on any atom is 0.328 e. The van der Waals surface area contributed by atoms with E-state index >= 15 is 0 Å². The summed E-state index contributed by atoms with van der Waals surface area (Å²) < 4.78 is 15.2. The van der Waals surface area contributed by atoms with Gasteiger partial charge in [-0.3, -0.25) is 14.4 Å². The number of halogens is 1. The number of hydrogen-bond donors (Lipinski definition) is 0. The lowest BCUT2D eigenvalue weighted by Crippen LogP contribution is -2.49. The molecule has 1 aromatic carbocycles. The third kappa shape index (κ3) is 2.20. The van der Waals surface area contributed by atoms with Gasteiger partial charge in [0.2, 0.25) is 0 Å². The molecule has 0 unspecified atom stereocenters. The lowest BCUT2D eigenvalue weighted by Gasteiger charge is -2.33. The number of ether oxygens (including phenoxy) is 3. The summed E-state index contributed by atoms with van der Waals surface area (Å²) in [7, 11) is 1.21. The van der Waals surface area contributed by atoms with Crippen molar-refractivity contribution >= 4 is 29.5 Å². The summed E-state index contributed by atoms with van der Waals surface area (Å²) in [5, 5.41) is 0.507. The summed E-state index contributed by atoms with van der Waals surface area (Å²) in [6.45, 7) is 2.92. The predicted octanol–water partition coefficient (Wildman–Crippen LogP) is 2.05. The van der Waals surface area contributed by atoms with Crippen molar-refractivity contribution in [2.75, 3.05) is 7.11 Å². The van der Waals surface area contributed by atoms with Gasteiger partial charge in [0.1, 0.15) is 0 Å². The highest BCUT2D eigenvalue weighted by molar-refractivity contribution is 6.30. The Morgan fingerprint density at radius 1 is 1.13 bits per heavy atom. The van der Waals surface area contributed by atoms with Gasteiger partial charge in [-0.15, -0.1) is 0 Å². The van der Waals surface area contributed by atoms with Crippen LogP contribution in [0, 0.1) is 11.3 Å². The number of methoxy groups -OCH3 is 1. The molecule has 0 bridgehead atoms. The molecule has 1 aliphatic heterocycles. The standard InChI is InChI=1S/C16H15ClO6/c1-15(2)22-13(19)16(14(20)23-15)10(11(16)12(18)21-3)8-4-6-9(17)7-5-8/h4-7,10-11H,1-3H3/t10-,11-/m1/s1. The van der Waals surface area contributed by atoms with Gasteiger partial charge in [-0.2, -0.15) is 0 Å². The van der Waals surface area contributed by atoms with Crippen LogP contribution in [0.15, 0.2) is 24.3 Å². The first-order chi connectivity index (χ1) is 10.7. The van der Waals surface area contributed by atoms with Crippen molar-refractivity contribution in [2.45, 2.75) is 25.6 Å². The number of hydrogen-bond acceptors (Lipinski definition) is 6. The number of carbonyl (C=O) groups excluding carboxylic acids is 3. The molecule has 2 aliphatic rings. The zero-order valence-corrected chi connectivity index (χ0v) is 13.5. The maximum absolute atomic E-state index is 12.5. The second kappa shape index (κ2) is 4.96. The number of cyclic esters (lactones) is 2. The zero-order valence-electron chi connectivity index (χ0n) is 12.8. The van der Waals surface area contributed by atoms with Crippen molar-refractivity contribution in [3.8, 4) is 0 Å². The van der Waals surface area contributed by atoms with Gasteiger partial charge in [-0.25, -0.2) is 0 Å². The van der Waals surface area contributed by atoms with E-state index in [9.17, 15) is 14.4 Å². The topological polar surface area (TPSA) is 78.9 Å². The highest BCUT2D eigenvalue weighted by Crippen LogP contribution is 2.68. The van der Waals surface area contributed by atoms with Crippen LogP contribution in [0.1, 0.15) is 25.3 Å². The SMILES string of the molecule is COC(=O)[C@H]1[C@@H](c2ccc(Cl)cc2)C12C(=O)OC(C)(C)OC2=O. The van der Waals surface area contributed by atoms with E-state index in [1.165, 1.54) is 21.0 Å². The van der Waals surface area contributed by atoms with Crippen molar-refractivity contribution in [3.05, 3.63) is 34.9 Å². The number of benzene rings is 1. The van der Waals surface area contributed by atoms with Gasteiger partial charge in [-0.1, -0.05) is 23.7 Å². The van der Waals surface area contributed by atoms with Gasteiger partial charge in [-0.05, 0) is 17.7 Å². The van der Waals surface area contributed by atoms with Crippen molar-refractivity contribution in [3.63, 3.8) is 0 Å². The monoisotopic (exact) mass is 338 g/mol. The van der Waals surface area contributed by atoms with Gasteiger partial charge in [0.25, 0.3) is 5.79 Å². The van der Waals surface area contributed by atoms with Crippen LogP contribution in [-0.4, -0.2) is 30.8 Å². The minimum Gasteiger partial charge on any atom is -0.469 e. The first kappa shape index (κ1) is 15.8. The van der Waals surface area contributed by atoms with E-state index in [0.29, 0.717) is 10.6 Å². The summed E-state index contributed by atoms with van der Waals surface area (Å²) >= 11 is 5.86. The molecular weight excluding hydrogens is 324 g/mol. The van der Waals surface area contributed by atoms with Crippen LogP contribution in [0.25, 0.3) is 0 Å². The van der Waals surface area contributed by atoms with Gasteiger partial charge < -0.3 is 14.2 Å². The summed E-state index contributed by atoms with van der Waals surface area (Å²) in [5.41, 5.74) is -1.06. The van der Waals surface area contributed by atoms with Crippen LogP contribution in [0.5, 0.6) is 0 Å². The molecule has 7 heteroatoms.